The van der Waals surface area contributed by atoms with Crippen LogP contribution < -0.4 is 15.4 Å². The zero-order chi connectivity index (χ0) is 19.2. The summed E-state index contributed by atoms with van der Waals surface area (Å²) in [6.45, 7) is 2.34. The SMILES string of the molecule is [CH2][CH]n1cc(Nc2ncc(F)c(NCc3cccc(OC(F)F)c3)n2)cn1. The lowest BCUT2D eigenvalue weighted by molar-refractivity contribution is -0.0498. The summed E-state index contributed by atoms with van der Waals surface area (Å²) >= 11 is 0. The fourth-order valence-corrected chi connectivity index (χ4v) is 2.20. The Kier molecular flexibility index (Phi) is 5.74. The van der Waals surface area contributed by atoms with Gasteiger partial charge in [-0.1, -0.05) is 12.1 Å². The summed E-state index contributed by atoms with van der Waals surface area (Å²) in [6, 6.07) is 6.09. The average Bonchev–Trinajstić information content (AvgIpc) is 3.09. The van der Waals surface area contributed by atoms with Crippen LogP contribution in [-0.4, -0.2) is 26.4 Å². The van der Waals surface area contributed by atoms with E-state index in [0.717, 1.165) is 6.20 Å². The van der Waals surface area contributed by atoms with Crippen LogP contribution in [0.2, 0.25) is 0 Å². The highest BCUT2D eigenvalue weighted by Crippen LogP contribution is 2.19. The van der Waals surface area contributed by atoms with Crippen LogP contribution in [-0.2, 0) is 6.54 Å². The number of nitrogens with zero attached hydrogens (tertiary/aromatic N) is 4. The Morgan fingerprint density at radius 2 is 2.15 bits per heavy atom. The van der Waals surface area contributed by atoms with Gasteiger partial charge in [-0.25, -0.2) is 9.37 Å². The topological polar surface area (TPSA) is 76.9 Å². The first-order chi connectivity index (χ1) is 13.0. The number of alkyl halides is 2. The molecule has 0 aliphatic rings. The predicted molar refractivity (Wildman–Crippen MR) is 93.0 cm³/mol. The molecule has 2 aromatic heterocycles. The number of aromatic nitrogens is 4. The van der Waals surface area contributed by atoms with Crippen molar-refractivity contribution in [3.8, 4) is 5.75 Å². The molecule has 0 amide bonds. The van der Waals surface area contributed by atoms with Crippen LogP contribution in [0.5, 0.6) is 5.75 Å². The van der Waals surface area contributed by atoms with E-state index in [0.29, 0.717) is 11.3 Å². The summed E-state index contributed by atoms with van der Waals surface area (Å²) < 4.78 is 44.3. The van der Waals surface area contributed by atoms with E-state index >= 15 is 0 Å². The van der Waals surface area contributed by atoms with Crippen molar-refractivity contribution < 1.29 is 17.9 Å². The molecule has 0 aliphatic carbocycles. The molecule has 7 nitrogen and oxygen atoms in total. The number of ether oxygens (including phenoxy) is 1. The van der Waals surface area contributed by atoms with Gasteiger partial charge in [0.15, 0.2) is 11.6 Å². The van der Waals surface area contributed by atoms with Gasteiger partial charge in [0.25, 0.3) is 0 Å². The maximum atomic E-state index is 14.0. The van der Waals surface area contributed by atoms with E-state index in [4.69, 9.17) is 0 Å². The summed E-state index contributed by atoms with van der Waals surface area (Å²) in [5.74, 6) is -0.502. The highest BCUT2D eigenvalue weighted by molar-refractivity contribution is 5.53. The molecule has 3 rings (SSSR count). The summed E-state index contributed by atoms with van der Waals surface area (Å²) in [6.07, 6.45) is 4.21. The number of hydrogen-bond acceptors (Lipinski definition) is 6. The van der Waals surface area contributed by atoms with Gasteiger partial charge in [0, 0.05) is 12.7 Å². The van der Waals surface area contributed by atoms with Crippen molar-refractivity contribution in [3.05, 3.63) is 67.7 Å². The lowest BCUT2D eigenvalue weighted by atomic mass is 10.2. The Morgan fingerprint density at radius 1 is 1.30 bits per heavy atom. The van der Waals surface area contributed by atoms with E-state index in [1.54, 1.807) is 18.3 Å². The highest BCUT2D eigenvalue weighted by atomic mass is 19.3. The molecule has 0 aliphatic heterocycles. The second kappa shape index (κ2) is 8.39. The summed E-state index contributed by atoms with van der Waals surface area (Å²) in [5.41, 5.74) is 1.22. The van der Waals surface area contributed by atoms with Crippen molar-refractivity contribution >= 4 is 17.5 Å². The van der Waals surface area contributed by atoms with Crippen molar-refractivity contribution in [2.24, 2.45) is 0 Å². The summed E-state index contributed by atoms with van der Waals surface area (Å²) in [4.78, 5) is 7.93. The van der Waals surface area contributed by atoms with Crippen LogP contribution in [0.1, 0.15) is 5.56 Å². The molecular weight excluding hydrogens is 361 g/mol. The number of benzene rings is 1. The summed E-state index contributed by atoms with van der Waals surface area (Å²) in [5, 5.41) is 9.70. The zero-order valence-electron chi connectivity index (χ0n) is 13.9. The predicted octanol–water partition coefficient (Wildman–Crippen LogP) is 3.61. The van der Waals surface area contributed by atoms with Gasteiger partial charge in [0.1, 0.15) is 5.75 Å². The molecular formula is C17H15F3N6O. The zero-order valence-corrected chi connectivity index (χ0v) is 13.9. The van der Waals surface area contributed by atoms with Crippen LogP contribution in [0.4, 0.5) is 30.6 Å². The third kappa shape index (κ3) is 5.09. The molecule has 27 heavy (non-hydrogen) atoms. The lowest BCUT2D eigenvalue weighted by Crippen LogP contribution is -2.07. The van der Waals surface area contributed by atoms with Crippen LogP contribution in [0, 0.1) is 19.3 Å². The summed E-state index contributed by atoms with van der Waals surface area (Å²) in [7, 11) is 0. The molecule has 10 heteroatoms. The maximum Gasteiger partial charge on any atom is 0.387 e. The first kappa shape index (κ1) is 18.5. The van der Waals surface area contributed by atoms with Gasteiger partial charge >= 0.3 is 6.61 Å². The van der Waals surface area contributed by atoms with E-state index in [1.807, 2.05) is 0 Å². The molecule has 140 valence electrons. The smallest absolute Gasteiger partial charge is 0.387 e. The van der Waals surface area contributed by atoms with Gasteiger partial charge in [-0.05, 0) is 24.6 Å². The van der Waals surface area contributed by atoms with Gasteiger partial charge in [-0.2, -0.15) is 18.9 Å². The molecule has 0 atom stereocenters. The van der Waals surface area contributed by atoms with Crippen molar-refractivity contribution in [1.29, 1.82) is 0 Å². The Labute approximate surface area is 153 Å². The molecule has 2 N–H and O–H groups in total. The largest absolute Gasteiger partial charge is 0.435 e. The first-order valence-corrected chi connectivity index (χ1v) is 7.77. The molecule has 2 heterocycles. The van der Waals surface area contributed by atoms with Crippen LogP contribution in [0.15, 0.2) is 42.9 Å². The van der Waals surface area contributed by atoms with Gasteiger partial charge in [0.2, 0.25) is 5.95 Å². The van der Waals surface area contributed by atoms with Crippen molar-refractivity contribution in [3.63, 3.8) is 0 Å². The van der Waals surface area contributed by atoms with E-state index < -0.39 is 12.4 Å². The third-order valence-corrected chi connectivity index (χ3v) is 3.37. The van der Waals surface area contributed by atoms with E-state index in [9.17, 15) is 13.2 Å². The number of nitrogens with one attached hydrogen (secondary N) is 2. The molecule has 2 radical (unpaired) electrons. The van der Waals surface area contributed by atoms with Gasteiger partial charge in [-0.15, -0.1) is 0 Å². The molecule has 0 saturated heterocycles. The fraction of sp³-hybridized carbons (Fsp3) is 0.118. The minimum absolute atomic E-state index is 0.0223. The quantitative estimate of drug-likeness (QED) is 0.625. The van der Waals surface area contributed by atoms with E-state index in [1.165, 1.54) is 29.6 Å². The second-order valence-corrected chi connectivity index (χ2v) is 5.29. The monoisotopic (exact) mass is 376 g/mol. The Morgan fingerprint density at radius 3 is 2.89 bits per heavy atom. The van der Waals surface area contributed by atoms with Crippen molar-refractivity contribution in [1.82, 2.24) is 19.7 Å². The Hall–Kier alpha value is -3.30. The fourth-order valence-electron chi connectivity index (χ4n) is 2.20. The highest BCUT2D eigenvalue weighted by Gasteiger charge is 2.09. The third-order valence-electron chi connectivity index (χ3n) is 3.37. The van der Waals surface area contributed by atoms with E-state index in [2.05, 4.69) is 37.4 Å². The number of hydrogen-bond donors (Lipinski definition) is 2. The Bertz CT molecular complexity index is 902. The maximum absolute atomic E-state index is 14.0. The molecule has 1 aromatic carbocycles. The lowest BCUT2D eigenvalue weighted by Gasteiger charge is -2.10. The Balaban J connectivity index is 1.67. The number of rotatable bonds is 8. The normalized spacial score (nSPS) is 10.9. The molecule has 3 aromatic rings. The molecule has 0 bridgehead atoms. The van der Waals surface area contributed by atoms with Crippen LogP contribution in [0.25, 0.3) is 0 Å². The standard InChI is InChI=1S/C17H15F3N6O/c1-2-26-10-12(8-23-26)24-17-22-9-14(18)15(25-17)21-7-11-4-3-5-13(6-11)27-16(19)20/h2-6,8-10,16H,1,7H2,(H2,21,22,24,25). The minimum Gasteiger partial charge on any atom is -0.435 e. The number of halogens is 3. The minimum atomic E-state index is -2.91. The first-order valence-electron chi connectivity index (χ1n) is 7.77. The molecule has 0 spiro atoms. The average molecular weight is 376 g/mol. The molecule has 0 unspecified atom stereocenters. The van der Waals surface area contributed by atoms with Crippen molar-refractivity contribution in [2.75, 3.05) is 10.6 Å². The molecule has 0 fully saturated rings. The van der Waals surface area contributed by atoms with Gasteiger partial charge in [-0.3, -0.25) is 4.68 Å². The molecule has 0 saturated carbocycles. The number of anilines is 3. The van der Waals surface area contributed by atoms with Gasteiger partial charge in [0.05, 0.1) is 24.6 Å². The van der Waals surface area contributed by atoms with E-state index in [-0.39, 0.29) is 24.1 Å². The second-order valence-electron chi connectivity index (χ2n) is 5.29. The van der Waals surface area contributed by atoms with Crippen LogP contribution >= 0.6 is 0 Å². The van der Waals surface area contributed by atoms with Gasteiger partial charge < -0.3 is 15.4 Å². The van der Waals surface area contributed by atoms with Crippen molar-refractivity contribution in [2.45, 2.75) is 13.2 Å². The van der Waals surface area contributed by atoms with Crippen LogP contribution in [0.3, 0.4) is 0 Å².